The standard InChI is InChI=1S/C14H18BrFN2O/c15-13-6-5-11(16)7-10(13)8-18-14(19)9-17-12-3-1-2-4-12/h5-7,12,17H,1-4,8-9H2,(H,18,19). The number of carbonyl (C=O) groups excluding carboxylic acids is 1. The summed E-state index contributed by atoms with van der Waals surface area (Å²) in [5.74, 6) is -0.348. The van der Waals surface area contributed by atoms with Gasteiger partial charge in [0.15, 0.2) is 0 Å². The highest BCUT2D eigenvalue weighted by Crippen LogP contribution is 2.18. The van der Waals surface area contributed by atoms with E-state index in [0.29, 0.717) is 19.1 Å². The number of hydrogen-bond donors (Lipinski definition) is 2. The normalized spacial score (nSPS) is 15.7. The Bertz CT molecular complexity index is 447. The van der Waals surface area contributed by atoms with Gasteiger partial charge in [-0.1, -0.05) is 28.8 Å². The number of hydrogen-bond acceptors (Lipinski definition) is 2. The number of amides is 1. The van der Waals surface area contributed by atoms with Crippen molar-refractivity contribution in [3.63, 3.8) is 0 Å². The van der Waals surface area contributed by atoms with E-state index in [2.05, 4.69) is 26.6 Å². The third-order valence-corrected chi connectivity index (χ3v) is 4.16. The molecule has 0 aliphatic heterocycles. The molecule has 0 radical (unpaired) electrons. The number of halogens is 2. The first kappa shape index (κ1) is 14.5. The highest BCUT2D eigenvalue weighted by Gasteiger charge is 2.15. The molecular formula is C14H18BrFN2O. The van der Waals surface area contributed by atoms with Gasteiger partial charge in [-0.2, -0.15) is 0 Å². The van der Waals surface area contributed by atoms with Crippen molar-refractivity contribution >= 4 is 21.8 Å². The fourth-order valence-electron chi connectivity index (χ4n) is 2.30. The Labute approximate surface area is 121 Å². The number of carbonyl (C=O) groups is 1. The van der Waals surface area contributed by atoms with Crippen molar-refractivity contribution in [2.24, 2.45) is 0 Å². The van der Waals surface area contributed by atoms with Crippen LogP contribution in [0.4, 0.5) is 4.39 Å². The largest absolute Gasteiger partial charge is 0.351 e. The minimum absolute atomic E-state index is 0.0527. The molecule has 2 rings (SSSR count). The number of benzene rings is 1. The van der Waals surface area contributed by atoms with Crippen molar-refractivity contribution in [3.05, 3.63) is 34.1 Å². The summed E-state index contributed by atoms with van der Waals surface area (Å²) in [5, 5.41) is 6.04. The van der Waals surface area contributed by atoms with Gasteiger partial charge >= 0.3 is 0 Å². The SMILES string of the molecule is O=C(CNC1CCCC1)NCc1cc(F)ccc1Br. The zero-order chi connectivity index (χ0) is 13.7. The van der Waals surface area contributed by atoms with Crippen LogP contribution in [0.2, 0.25) is 0 Å². The van der Waals surface area contributed by atoms with Crippen LogP contribution in [-0.4, -0.2) is 18.5 Å². The summed E-state index contributed by atoms with van der Waals surface area (Å²) < 4.78 is 13.9. The summed E-state index contributed by atoms with van der Waals surface area (Å²) >= 11 is 3.34. The minimum Gasteiger partial charge on any atom is -0.351 e. The van der Waals surface area contributed by atoms with E-state index in [0.717, 1.165) is 22.9 Å². The lowest BCUT2D eigenvalue weighted by Crippen LogP contribution is -2.37. The van der Waals surface area contributed by atoms with Gasteiger partial charge in [-0.25, -0.2) is 4.39 Å². The third-order valence-electron chi connectivity index (χ3n) is 3.39. The van der Waals surface area contributed by atoms with Gasteiger partial charge in [-0.05, 0) is 36.6 Å². The topological polar surface area (TPSA) is 41.1 Å². The molecule has 1 aromatic carbocycles. The maximum Gasteiger partial charge on any atom is 0.234 e. The molecular weight excluding hydrogens is 311 g/mol. The van der Waals surface area contributed by atoms with E-state index in [1.807, 2.05) is 0 Å². The second-order valence-electron chi connectivity index (χ2n) is 4.87. The maximum absolute atomic E-state index is 13.1. The predicted molar refractivity (Wildman–Crippen MR) is 76.2 cm³/mol. The Morgan fingerprint density at radius 1 is 1.37 bits per heavy atom. The van der Waals surface area contributed by atoms with Gasteiger partial charge in [0.25, 0.3) is 0 Å². The van der Waals surface area contributed by atoms with Crippen molar-refractivity contribution in [3.8, 4) is 0 Å². The first-order chi connectivity index (χ1) is 9.15. The molecule has 0 spiro atoms. The Morgan fingerprint density at radius 3 is 2.84 bits per heavy atom. The zero-order valence-electron chi connectivity index (χ0n) is 10.7. The van der Waals surface area contributed by atoms with E-state index in [-0.39, 0.29) is 11.7 Å². The number of nitrogens with one attached hydrogen (secondary N) is 2. The van der Waals surface area contributed by atoms with Gasteiger partial charge in [-0.3, -0.25) is 4.79 Å². The highest BCUT2D eigenvalue weighted by molar-refractivity contribution is 9.10. The molecule has 1 saturated carbocycles. The Morgan fingerprint density at radius 2 is 2.11 bits per heavy atom. The van der Waals surface area contributed by atoms with E-state index in [1.165, 1.54) is 25.0 Å². The molecule has 2 N–H and O–H groups in total. The smallest absolute Gasteiger partial charge is 0.234 e. The fourth-order valence-corrected chi connectivity index (χ4v) is 2.69. The van der Waals surface area contributed by atoms with E-state index in [1.54, 1.807) is 6.07 Å². The molecule has 104 valence electrons. The lowest BCUT2D eigenvalue weighted by Gasteiger charge is -2.12. The van der Waals surface area contributed by atoms with Crippen LogP contribution < -0.4 is 10.6 Å². The van der Waals surface area contributed by atoms with Crippen molar-refractivity contribution in [1.82, 2.24) is 10.6 Å². The molecule has 1 aliphatic rings. The average molecular weight is 329 g/mol. The highest BCUT2D eigenvalue weighted by atomic mass is 79.9. The van der Waals surface area contributed by atoms with E-state index in [9.17, 15) is 9.18 Å². The minimum atomic E-state index is -0.295. The molecule has 0 saturated heterocycles. The molecule has 0 bridgehead atoms. The lowest BCUT2D eigenvalue weighted by molar-refractivity contribution is -0.120. The zero-order valence-corrected chi connectivity index (χ0v) is 12.3. The quantitative estimate of drug-likeness (QED) is 0.872. The molecule has 3 nitrogen and oxygen atoms in total. The Kier molecular flexibility index (Phi) is 5.34. The van der Waals surface area contributed by atoms with Crippen molar-refractivity contribution < 1.29 is 9.18 Å². The molecule has 5 heteroatoms. The van der Waals surface area contributed by atoms with Gasteiger partial charge in [-0.15, -0.1) is 0 Å². The molecule has 1 amide bonds. The van der Waals surface area contributed by atoms with Crippen molar-refractivity contribution in [1.29, 1.82) is 0 Å². The second-order valence-corrected chi connectivity index (χ2v) is 5.73. The van der Waals surface area contributed by atoms with Crippen LogP contribution in [0.25, 0.3) is 0 Å². The monoisotopic (exact) mass is 328 g/mol. The third kappa shape index (κ3) is 4.58. The average Bonchev–Trinajstić information content (AvgIpc) is 2.90. The van der Waals surface area contributed by atoms with Crippen LogP contribution in [0, 0.1) is 5.82 Å². The Hall–Kier alpha value is -0.940. The lowest BCUT2D eigenvalue weighted by atomic mass is 10.2. The summed E-state index contributed by atoms with van der Waals surface area (Å²) in [7, 11) is 0. The summed E-state index contributed by atoms with van der Waals surface area (Å²) in [5.41, 5.74) is 0.745. The molecule has 0 aromatic heterocycles. The van der Waals surface area contributed by atoms with Crippen LogP contribution in [0.15, 0.2) is 22.7 Å². The summed E-state index contributed by atoms with van der Waals surface area (Å²) in [4.78, 5) is 11.7. The van der Waals surface area contributed by atoms with Gasteiger partial charge in [0.1, 0.15) is 5.82 Å². The van der Waals surface area contributed by atoms with Crippen LogP contribution in [0.1, 0.15) is 31.2 Å². The van der Waals surface area contributed by atoms with Gasteiger partial charge in [0.05, 0.1) is 6.54 Å². The molecule has 19 heavy (non-hydrogen) atoms. The summed E-state index contributed by atoms with van der Waals surface area (Å²) in [6.07, 6.45) is 4.80. The molecule has 0 heterocycles. The molecule has 0 atom stereocenters. The van der Waals surface area contributed by atoms with Crippen molar-refractivity contribution in [2.45, 2.75) is 38.3 Å². The Balaban J connectivity index is 1.74. The van der Waals surface area contributed by atoms with E-state index >= 15 is 0 Å². The molecule has 1 aliphatic carbocycles. The van der Waals surface area contributed by atoms with Crippen LogP contribution in [-0.2, 0) is 11.3 Å². The van der Waals surface area contributed by atoms with Gasteiger partial charge in [0.2, 0.25) is 5.91 Å². The van der Waals surface area contributed by atoms with Gasteiger partial charge < -0.3 is 10.6 Å². The van der Waals surface area contributed by atoms with Crippen LogP contribution in [0.3, 0.4) is 0 Å². The maximum atomic E-state index is 13.1. The molecule has 1 aromatic rings. The second kappa shape index (κ2) is 7.01. The number of rotatable bonds is 5. The van der Waals surface area contributed by atoms with E-state index < -0.39 is 0 Å². The van der Waals surface area contributed by atoms with E-state index in [4.69, 9.17) is 0 Å². The summed E-state index contributed by atoms with van der Waals surface area (Å²) in [6.45, 7) is 0.668. The van der Waals surface area contributed by atoms with Crippen molar-refractivity contribution in [2.75, 3.05) is 6.54 Å². The van der Waals surface area contributed by atoms with Gasteiger partial charge in [0, 0.05) is 17.1 Å². The molecule has 0 unspecified atom stereocenters. The first-order valence-corrected chi connectivity index (χ1v) is 7.38. The molecule has 1 fully saturated rings. The summed E-state index contributed by atoms with van der Waals surface area (Å²) in [6, 6.07) is 4.94. The fraction of sp³-hybridized carbons (Fsp3) is 0.500. The first-order valence-electron chi connectivity index (χ1n) is 6.59. The van der Waals surface area contributed by atoms with Crippen LogP contribution in [0.5, 0.6) is 0 Å². The predicted octanol–water partition coefficient (Wildman–Crippen LogP) is 2.74. The van der Waals surface area contributed by atoms with Crippen LogP contribution >= 0.6 is 15.9 Å².